The Morgan fingerprint density at radius 1 is 1.53 bits per heavy atom. The van der Waals surface area contributed by atoms with Gasteiger partial charge in [0.05, 0.1) is 0 Å². The second-order valence-corrected chi connectivity index (χ2v) is 6.02. The molecule has 0 amide bonds. The fourth-order valence-corrected chi connectivity index (χ4v) is 2.58. The Bertz CT molecular complexity index is 597. The van der Waals surface area contributed by atoms with Gasteiger partial charge in [-0.1, -0.05) is 13.8 Å². The van der Waals surface area contributed by atoms with E-state index in [2.05, 4.69) is 0 Å². The maximum absolute atomic E-state index is 11.9. The molecule has 1 aromatic rings. The normalized spacial score (nSPS) is 13.2. The van der Waals surface area contributed by atoms with Crippen LogP contribution in [0.5, 0.6) is 0 Å². The zero-order valence-electron chi connectivity index (χ0n) is 10.5. The van der Waals surface area contributed by atoms with Crippen molar-refractivity contribution in [1.82, 2.24) is 4.72 Å². The Kier molecular flexibility index (Phi) is 4.69. The lowest BCUT2D eigenvalue weighted by atomic mass is 10.1. The minimum absolute atomic E-state index is 0.00932. The van der Waals surface area contributed by atoms with Crippen molar-refractivity contribution in [3.05, 3.63) is 17.9 Å². The predicted octanol–water partition coefficient (Wildman–Crippen LogP) is 0.929. The number of hydrogen-bond donors (Lipinski definition) is 2. The van der Waals surface area contributed by atoms with Crippen molar-refractivity contribution in [3.8, 4) is 6.07 Å². The van der Waals surface area contributed by atoms with E-state index in [4.69, 9.17) is 14.8 Å². The lowest BCUT2D eigenvalue weighted by Crippen LogP contribution is -2.41. The van der Waals surface area contributed by atoms with Crippen molar-refractivity contribution < 1.29 is 22.7 Å². The number of carboxylic acid groups (broad SMARTS) is 1. The number of carboxylic acids is 1. The molecule has 0 saturated carbocycles. The lowest BCUT2D eigenvalue weighted by molar-refractivity contribution is -0.139. The molecule has 104 valence electrons. The van der Waals surface area contributed by atoms with Gasteiger partial charge >= 0.3 is 5.97 Å². The van der Waals surface area contributed by atoms with Crippen molar-refractivity contribution in [2.75, 3.05) is 0 Å². The molecule has 0 spiro atoms. The molecule has 0 aliphatic carbocycles. The number of nitrogens with one attached hydrogen (secondary N) is 1. The molecule has 0 fully saturated rings. The molecule has 8 heteroatoms. The van der Waals surface area contributed by atoms with Gasteiger partial charge in [0.15, 0.2) is 0 Å². The molecule has 1 rings (SSSR count). The quantitative estimate of drug-likeness (QED) is 0.802. The molecule has 0 bridgehead atoms. The summed E-state index contributed by atoms with van der Waals surface area (Å²) in [5.41, 5.74) is 0. The fourth-order valence-electron chi connectivity index (χ4n) is 1.44. The van der Waals surface area contributed by atoms with Crippen molar-refractivity contribution in [1.29, 1.82) is 5.26 Å². The third kappa shape index (κ3) is 4.08. The average molecular weight is 286 g/mol. The zero-order valence-corrected chi connectivity index (χ0v) is 11.3. The van der Waals surface area contributed by atoms with Crippen LogP contribution in [-0.4, -0.2) is 25.5 Å². The Labute approximate surface area is 110 Å². The highest BCUT2D eigenvalue weighted by Crippen LogP contribution is 2.15. The molecule has 0 aromatic carbocycles. The number of aliphatic carboxylic acids is 1. The average Bonchev–Trinajstić information content (AvgIpc) is 2.76. The third-order valence-corrected chi connectivity index (χ3v) is 3.60. The highest BCUT2D eigenvalue weighted by atomic mass is 32.2. The molecule has 1 heterocycles. The van der Waals surface area contributed by atoms with E-state index in [1.165, 1.54) is 6.07 Å². The minimum atomic E-state index is -4.09. The SMILES string of the molecule is CC(C)CC(NS(=O)(=O)c1ccc(C#N)o1)C(=O)O. The molecule has 0 saturated heterocycles. The highest BCUT2D eigenvalue weighted by Gasteiger charge is 2.28. The van der Waals surface area contributed by atoms with Gasteiger partial charge in [0.1, 0.15) is 12.1 Å². The van der Waals surface area contributed by atoms with E-state index in [0.29, 0.717) is 0 Å². The molecular weight excluding hydrogens is 272 g/mol. The second kappa shape index (κ2) is 5.86. The molecule has 7 nitrogen and oxygen atoms in total. The summed E-state index contributed by atoms with van der Waals surface area (Å²) in [6.07, 6.45) is 0.153. The maximum Gasteiger partial charge on any atom is 0.321 e. The van der Waals surface area contributed by atoms with Gasteiger partial charge in [-0.3, -0.25) is 4.79 Å². The van der Waals surface area contributed by atoms with Crippen molar-refractivity contribution in [3.63, 3.8) is 0 Å². The van der Waals surface area contributed by atoms with Crippen molar-refractivity contribution in [2.45, 2.75) is 31.4 Å². The number of nitrogens with zero attached hydrogens (tertiary/aromatic N) is 1. The van der Waals surface area contributed by atoms with Gasteiger partial charge in [-0.15, -0.1) is 0 Å². The maximum atomic E-state index is 11.9. The summed E-state index contributed by atoms with van der Waals surface area (Å²) in [6.45, 7) is 3.57. The number of nitriles is 1. The molecule has 1 atom stereocenters. The van der Waals surface area contributed by atoms with Crippen LogP contribution in [0.25, 0.3) is 0 Å². The molecule has 1 unspecified atom stereocenters. The molecular formula is C11H14N2O5S. The zero-order chi connectivity index (χ0) is 14.6. The summed E-state index contributed by atoms with van der Waals surface area (Å²) in [5.74, 6) is -1.41. The fraction of sp³-hybridized carbons (Fsp3) is 0.455. The van der Waals surface area contributed by atoms with Crippen LogP contribution in [0, 0.1) is 17.2 Å². The summed E-state index contributed by atoms with van der Waals surface area (Å²) in [7, 11) is -4.09. The van der Waals surface area contributed by atoms with Gasteiger partial charge in [0.2, 0.25) is 10.9 Å². The summed E-state index contributed by atoms with van der Waals surface area (Å²) in [4.78, 5) is 11.0. The number of sulfonamides is 1. The van der Waals surface area contributed by atoms with Gasteiger partial charge in [-0.25, -0.2) is 8.42 Å². The Balaban J connectivity index is 2.94. The van der Waals surface area contributed by atoms with E-state index >= 15 is 0 Å². The van der Waals surface area contributed by atoms with Crippen LogP contribution in [0.1, 0.15) is 26.0 Å². The standard InChI is InChI=1S/C11H14N2O5S/c1-7(2)5-9(11(14)15)13-19(16,17)10-4-3-8(6-12)18-10/h3-4,7,9,13H,5H2,1-2H3,(H,14,15). The van der Waals surface area contributed by atoms with Gasteiger partial charge < -0.3 is 9.52 Å². The molecule has 0 aliphatic heterocycles. The monoisotopic (exact) mass is 286 g/mol. The lowest BCUT2D eigenvalue weighted by Gasteiger charge is -2.15. The van der Waals surface area contributed by atoms with Gasteiger partial charge in [0, 0.05) is 0 Å². The molecule has 0 radical (unpaired) electrons. The van der Waals surface area contributed by atoms with E-state index < -0.39 is 27.1 Å². The first-order valence-electron chi connectivity index (χ1n) is 5.51. The van der Waals surface area contributed by atoms with E-state index in [0.717, 1.165) is 6.07 Å². The van der Waals surface area contributed by atoms with Crippen LogP contribution in [0.15, 0.2) is 21.6 Å². The van der Waals surface area contributed by atoms with E-state index in [1.54, 1.807) is 19.9 Å². The first-order valence-corrected chi connectivity index (χ1v) is 6.99. The minimum Gasteiger partial charge on any atom is -0.480 e. The molecule has 0 aliphatic rings. The smallest absolute Gasteiger partial charge is 0.321 e. The van der Waals surface area contributed by atoms with E-state index in [1.807, 2.05) is 4.72 Å². The number of carbonyl (C=O) groups is 1. The second-order valence-electron chi connectivity index (χ2n) is 4.37. The first kappa shape index (κ1) is 15.2. The Hall–Kier alpha value is -1.85. The van der Waals surface area contributed by atoms with Gasteiger partial charge in [0.25, 0.3) is 10.0 Å². The van der Waals surface area contributed by atoms with Crippen molar-refractivity contribution >= 4 is 16.0 Å². The molecule has 19 heavy (non-hydrogen) atoms. The highest BCUT2D eigenvalue weighted by molar-refractivity contribution is 7.89. The third-order valence-electron chi connectivity index (χ3n) is 2.26. The van der Waals surface area contributed by atoms with Gasteiger partial charge in [-0.2, -0.15) is 9.98 Å². The largest absolute Gasteiger partial charge is 0.480 e. The van der Waals surface area contributed by atoms with Gasteiger partial charge in [-0.05, 0) is 24.5 Å². The summed E-state index contributed by atoms with van der Waals surface area (Å²) in [6, 6.07) is 2.72. The van der Waals surface area contributed by atoms with Crippen LogP contribution < -0.4 is 4.72 Å². The van der Waals surface area contributed by atoms with Crippen LogP contribution in [0.3, 0.4) is 0 Å². The Morgan fingerprint density at radius 3 is 2.58 bits per heavy atom. The Morgan fingerprint density at radius 2 is 2.16 bits per heavy atom. The van der Waals surface area contributed by atoms with Crippen molar-refractivity contribution in [2.24, 2.45) is 5.92 Å². The van der Waals surface area contributed by atoms with E-state index in [9.17, 15) is 13.2 Å². The summed E-state index contributed by atoms with van der Waals surface area (Å²) < 4.78 is 30.6. The number of hydrogen-bond acceptors (Lipinski definition) is 5. The number of rotatable bonds is 6. The summed E-state index contributed by atoms with van der Waals surface area (Å²) in [5, 5.41) is 17.1. The van der Waals surface area contributed by atoms with Crippen LogP contribution >= 0.6 is 0 Å². The molecule has 2 N–H and O–H groups in total. The van der Waals surface area contributed by atoms with Crippen LogP contribution in [0.2, 0.25) is 0 Å². The molecule has 1 aromatic heterocycles. The summed E-state index contributed by atoms with van der Waals surface area (Å²) >= 11 is 0. The predicted molar refractivity (Wildman–Crippen MR) is 64.6 cm³/mol. The first-order chi connectivity index (χ1) is 8.76. The van der Waals surface area contributed by atoms with E-state index in [-0.39, 0.29) is 18.1 Å². The van der Waals surface area contributed by atoms with Crippen LogP contribution in [-0.2, 0) is 14.8 Å². The van der Waals surface area contributed by atoms with Crippen LogP contribution in [0.4, 0.5) is 0 Å². The topological polar surface area (TPSA) is 120 Å². The number of furan rings is 1.